The molecule has 8 heteroatoms. The lowest BCUT2D eigenvalue weighted by molar-refractivity contribution is -0.143. The van der Waals surface area contributed by atoms with Crippen LogP contribution in [0.25, 0.3) is 11.1 Å². The first kappa shape index (κ1) is 22.6. The van der Waals surface area contributed by atoms with Crippen LogP contribution >= 0.6 is 0 Å². The van der Waals surface area contributed by atoms with Crippen LogP contribution in [0.2, 0.25) is 0 Å². The van der Waals surface area contributed by atoms with Gasteiger partial charge in [-0.05, 0) is 49.6 Å². The largest absolute Gasteiger partial charge is 0.353 e. The molecule has 4 rings (SSSR count). The molecule has 2 aromatic carbocycles. The van der Waals surface area contributed by atoms with E-state index in [2.05, 4.69) is 15.4 Å². The van der Waals surface area contributed by atoms with E-state index in [9.17, 15) is 14.0 Å². The van der Waals surface area contributed by atoms with E-state index in [1.807, 2.05) is 45.0 Å². The second-order valence-electron chi connectivity index (χ2n) is 8.47. The molecule has 0 radical (unpaired) electrons. The number of nitrogens with one attached hydrogen (secondary N) is 1. The molecule has 0 bridgehead atoms. The number of rotatable bonds is 6. The number of hydrogen-bond acceptors (Lipinski definition) is 4. The maximum atomic E-state index is 13.4. The molecule has 0 spiro atoms. The molecule has 2 heterocycles. The van der Waals surface area contributed by atoms with Crippen molar-refractivity contribution in [3.05, 3.63) is 71.6 Å². The second kappa shape index (κ2) is 9.52. The van der Waals surface area contributed by atoms with Crippen molar-refractivity contribution in [1.29, 1.82) is 0 Å². The minimum Gasteiger partial charge on any atom is -0.353 e. The van der Waals surface area contributed by atoms with Crippen molar-refractivity contribution < 1.29 is 14.0 Å². The maximum absolute atomic E-state index is 13.4. The third-order valence-corrected chi connectivity index (χ3v) is 6.03. The number of halogens is 1. The highest BCUT2D eigenvalue weighted by molar-refractivity contribution is 5.89. The molecule has 0 aliphatic carbocycles. The van der Waals surface area contributed by atoms with Gasteiger partial charge in [0.25, 0.3) is 0 Å². The van der Waals surface area contributed by atoms with E-state index >= 15 is 0 Å². The quantitative estimate of drug-likeness (QED) is 0.627. The summed E-state index contributed by atoms with van der Waals surface area (Å²) in [5.41, 5.74) is 2.72. The molecule has 33 heavy (non-hydrogen) atoms. The number of benzene rings is 2. The summed E-state index contributed by atoms with van der Waals surface area (Å²) >= 11 is 0. The van der Waals surface area contributed by atoms with Crippen molar-refractivity contribution in [3.63, 3.8) is 0 Å². The monoisotopic (exact) mass is 449 g/mol. The molecular weight excluding hydrogens is 421 g/mol. The summed E-state index contributed by atoms with van der Waals surface area (Å²) in [7, 11) is 0. The van der Waals surface area contributed by atoms with Gasteiger partial charge >= 0.3 is 0 Å². The molecule has 2 atom stereocenters. The highest BCUT2D eigenvalue weighted by Crippen LogP contribution is 2.27. The zero-order chi connectivity index (χ0) is 23.5. The molecule has 1 aliphatic heterocycles. The van der Waals surface area contributed by atoms with Gasteiger partial charge in [0, 0.05) is 25.9 Å². The molecular formula is C25H28FN5O2. The summed E-state index contributed by atoms with van der Waals surface area (Å²) in [5, 5.41) is 7.28. The van der Waals surface area contributed by atoms with Crippen molar-refractivity contribution in [2.45, 2.75) is 45.7 Å². The van der Waals surface area contributed by atoms with E-state index in [1.54, 1.807) is 21.7 Å². The van der Waals surface area contributed by atoms with E-state index < -0.39 is 6.04 Å². The number of aryl methyl sites for hydroxylation is 2. The predicted octanol–water partition coefficient (Wildman–Crippen LogP) is 3.22. The van der Waals surface area contributed by atoms with Gasteiger partial charge in [-0.15, -0.1) is 0 Å². The lowest BCUT2D eigenvalue weighted by Crippen LogP contribution is -2.58. The van der Waals surface area contributed by atoms with Crippen LogP contribution in [0.3, 0.4) is 0 Å². The van der Waals surface area contributed by atoms with E-state index in [0.29, 0.717) is 25.3 Å². The molecule has 1 aromatic heterocycles. The number of carbonyl (C=O) groups excluding carboxylic acids is 2. The highest BCUT2D eigenvalue weighted by atomic mass is 19.1. The van der Waals surface area contributed by atoms with Crippen LogP contribution in [0, 0.1) is 19.7 Å². The van der Waals surface area contributed by atoms with Crippen LogP contribution in [0.4, 0.5) is 4.39 Å². The fourth-order valence-electron chi connectivity index (χ4n) is 4.44. The van der Waals surface area contributed by atoms with Gasteiger partial charge in [-0.25, -0.2) is 14.1 Å². The van der Waals surface area contributed by atoms with Gasteiger partial charge in [0.05, 0.1) is 6.04 Å². The van der Waals surface area contributed by atoms with Gasteiger partial charge < -0.3 is 10.2 Å². The molecule has 172 valence electrons. The number of nitrogens with zero attached hydrogens (tertiary/aromatic N) is 4. The van der Waals surface area contributed by atoms with Crippen molar-refractivity contribution >= 4 is 11.8 Å². The minimum atomic E-state index is -0.612. The standard InChI is InChI=1S/C25H28FN5O2/c1-16(31-18(3)28-17(2)29-31)14-24(32)30-13-12-27-25(33)23(30)15-20-6-4-5-7-22(20)19-8-10-21(26)11-9-19/h4-11,16,23H,12-15H2,1-3H3,(H,27,33)/t16-,23+/m1/s1. The summed E-state index contributed by atoms with van der Waals surface area (Å²) in [6.07, 6.45) is 0.605. The molecule has 2 amide bonds. The summed E-state index contributed by atoms with van der Waals surface area (Å²) in [5.74, 6) is 0.873. The van der Waals surface area contributed by atoms with Gasteiger partial charge in [0.15, 0.2) is 0 Å². The fraction of sp³-hybridized carbons (Fsp3) is 0.360. The number of piperazine rings is 1. The SMILES string of the molecule is Cc1nc(C)n([C@H](C)CC(=O)N2CCNC(=O)[C@@H]2Cc2ccccc2-c2ccc(F)cc2)n1. The number of hydrogen-bond donors (Lipinski definition) is 1. The molecule has 1 aliphatic rings. The number of aromatic nitrogens is 3. The van der Waals surface area contributed by atoms with Crippen molar-refractivity contribution in [1.82, 2.24) is 25.0 Å². The molecule has 1 N–H and O–H groups in total. The Morgan fingerprint density at radius 1 is 1.18 bits per heavy atom. The first-order valence-electron chi connectivity index (χ1n) is 11.1. The summed E-state index contributed by atoms with van der Waals surface area (Å²) in [6, 6.07) is 13.2. The molecule has 7 nitrogen and oxygen atoms in total. The van der Waals surface area contributed by atoms with E-state index in [4.69, 9.17) is 0 Å². The Hall–Kier alpha value is -3.55. The van der Waals surface area contributed by atoms with Gasteiger partial charge in [-0.1, -0.05) is 36.4 Å². The topological polar surface area (TPSA) is 80.1 Å². The lowest BCUT2D eigenvalue weighted by atomic mass is 9.93. The third kappa shape index (κ3) is 4.94. The van der Waals surface area contributed by atoms with Crippen LogP contribution in [0.1, 0.15) is 36.6 Å². The average Bonchev–Trinajstić information content (AvgIpc) is 3.14. The first-order valence-corrected chi connectivity index (χ1v) is 11.1. The molecule has 0 unspecified atom stereocenters. The molecule has 1 fully saturated rings. The third-order valence-electron chi connectivity index (χ3n) is 6.03. The average molecular weight is 450 g/mol. The smallest absolute Gasteiger partial charge is 0.243 e. The molecule has 3 aromatic rings. The second-order valence-corrected chi connectivity index (χ2v) is 8.47. The van der Waals surface area contributed by atoms with E-state index in [0.717, 1.165) is 22.5 Å². The van der Waals surface area contributed by atoms with E-state index in [-0.39, 0.29) is 30.1 Å². The van der Waals surface area contributed by atoms with Crippen LogP contribution in [0.15, 0.2) is 48.5 Å². The van der Waals surface area contributed by atoms with Gasteiger partial charge in [0.2, 0.25) is 11.8 Å². The zero-order valence-electron chi connectivity index (χ0n) is 19.1. The Morgan fingerprint density at radius 2 is 1.91 bits per heavy atom. The Kier molecular flexibility index (Phi) is 6.53. The van der Waals surface area contributed by atoms with Crippen molar-refractivity contribution in [2.24, 2.45) is 0 Å². The summed E-state index contributed by atoms with van der Waals surface area (Å²) in [6.45, 7) is 6.50. The van der Waals surface area contributed by atoms with Crippen LogP contribution in [0.5, 0.6) is 0 Å². The molecule has 0 saturated carbocycles. The summed E-state index contributed by atoms with van der Waals surface area (Å²) < 4.78 is 15.2. The van der Waals surface area contributed by atoms with Gasteiger partial charge in [-0.3, -0.25) is 9.59 Å². The Balaban J connectivity index is 1.56. The van der Waals surface area contributed by atoms with Crippen molar-refractivity contribution in [2.75, 3.05) is 13.1 Å². The zero-order valence-corrected chi connectivity index (χ0v) is 19.1. The number of carbonyl (C=O) groups is 2. The Bertz CT molecular complexity index is 1160. The van der Waals surface area contributed by atoms with E-state index in [1.165, 1.54) is 12.1 Å². The first-order chi connectivity index (χ1) is 15.8. The maximum Gasteiger partial charge on any atom is 0.243 e. The highest BCUT2D eigenvalue weighted by Gasteiger charge is 2.34. The van der Waals surface area contributed by atoms with Crippen LogP contribution in [-0.4, -0.2) is 50.6 Å². The van der Waals surface area contributed by atoms with Gasteiger partial charge in [0.1, 0.15) is 23.5 Å². The summed E-state index contributed by atoms with van der Waals surface area (Å²) in [4.78, 5) is 32.1. The minimum absolute atomic E-state index is 0.0887. The lowest BCUT2D eigenvalue weighted by Gasteiger charge is -2.36. The Morgan fingerprint density at radius 3 is 2.61 bits per heavy atom. The normalized spacial score (nSPS) is 17.0. The van der Waals surface area contributed by atoms with Crippen LogP contribution < -0.4 is 5.32 Å². The Labute approximate surface area is 192 Å². The molecule has 1 saturated heterocycles. The van der Waals surface area contributed by atoms with Crippen LogP contribution in [-0.2, 0) is 16.0 Å². The van der Waals surface area contributed by atoms with Crippen molar-refractivity contribution in [3.8, 4) is 11.1 Å². The fourth-order valence-corrected chi connectivity index (χ4v) is 4.44. The van der Waals surface area contributed by atoms with Gasteiger partial charge in [-0.2, -0.15) is 5.10 Å². The predicted molar refractivity (Wildman–Crippen MR) is 123 cm³/mol. The number of amides is 2.